The number of aromatic nitrogens is 1. The summed E-state index contributed by atoms with van der Waals surface area (Å²) in [6.45, 7) is 8.13. The van der Waals surface area contributed by atoms with Crippen molar-refractivity contribution in [3.63, 3.8) is 0 Å². The van der Waals surface area contributed by atoms with E-state index in [2.05, 4.69) is 43.9 Å². The Morgan fingerprint density at radius 2 is 2.00 bits per heavy atom. The first kappa shape index (κ1) is 21.6. The van der Waals surface area contributed by atoms with Gasteiger partial charge in [0, 0.05) is 31.2 Å². The summed E-state index contributed by atoms with van der Waals surface area (Å²) in [7, 11) is 0. The number of hydrogen-bond acceptors (Lipinski definition) is 5. The van der Waals surface area contributed by atoms with Crippen molar-refractivity contribution in [1.29, 1.82) is 5.26 Å². The molecular weight excluding hydrogens is 400 g/mol. The van der Waals surface area contributed by atoms with Crippen molar-refractivity contribution >= 4 is 11.7 Å². The molecule has 0 saturated carbocycles. The molecular formula is C26H28N4O2. The molecule has 2 aromatic heterocycles. The lowest BCUT2D eigenvalue weighted by Crippen LogP contribution is -2.55. The normalized spacial score (nSPS) is 16.3. The summed E-state index contributed by atoms with van der Waals surface area (Å²) in [6.07, 6.45) is 2.33. The van der Waals surface area contributed by atoms with Crippen molar-refractivity contribution in [1.82, 2.24) is 9.88 Å². The number of hydrogen-bond donors (Lipinski definition) is 0. The van der Waals surface area contributed by atoms with Crippen LogP contribution in [-0.2, 0) is 0 Å². The summed E-state index contributed by atoms with van der Waals surface area (Å²) in [5.41, 5.74) is 3.60. The van der Waals surface area contributed by atoms with Crippen molar-refractivity contribution in [2.24, 2.45) is 0 Å². The smallest absolute Gasteiger partial charge is 0.289 e. The van der Waals surface area contributed by atoms with Crippen LogP contribution in [0.2, 0.25) is 0 Å². The maximum absolute atomic E-state index is 12.9. The predicted octanol–water partition coefficient (Wildman–Crippen LogP) is 5.08. The quantitative estimate of drug-likeness (QED) is 0.567. The molecule has 1 fully saturated rings. The van der Waals surface area contributed by atoms with Crippen molar-refractivity contribution in [2.75, 3.05) is 24.5 Å². The van der Waals surface area contributed by atoms with Crippen LogP contribution in [0.5, 0.6) is 0 Å². The molecule has 1 saturated heterocycles. The average molecular weight is 429 g/mol. The maximum atomic E-state index is 12.9. The van der Waals surface area contributed by atoms with Gasteiger partial charge in [0.15, 0.2) is 5.76 Å². The van der Waals surface area contributed by atoms with E-state index in [4.69, 9.17) is 9.40 Å². The van der Waals surface area contributed by atoms with Crippen LogP contribution >= 0.6 is 0 Å². The van der Waals surface area contributed by atoms with E-state index in [9.17, 15) is 10.1 Å². The fourth-order valence-corrected chi connectivity index (χ4v) is 4.34. The minimum Gasteiger partial charge on any atom is -0.459 e. The summed E-state index contributed by atoms with van der Waals surface area (Å²) in [5, 5.41) is 9.94. The van der Waals surface area contributed by atoms with E-state index in [0.29, 0.717) is 36.8 Å². The monoisotopic (exact) mass is 428 g/mol. The van der Waals surface area contributed by atoms with Gasteiger partial charge < -0.3 is 14.2 Å². The standard InChI is InChI=1S/C26H28N4O2/c1-4-21-17-29(12-13-30(21)26(31)23-11-8-14-32-23)25-20(16-27)15-22(24(28-25)18(2)3)19-9-6-5-7-10-19/h5-11,14-15,18,21H,4,12-13,17H2,1-3H3. The number of furan rings is 1. The summed E-state index contributed by atoms with van der Waals surface area (Å²) in [6, 6.07) is 17.9. The lowest BCUT2D eigenvalue weighted by Gasteiger charge is -2.41. The van der Waals surface area contributed by atoms with E-state index in [0.717, 1.165) is 23.2 Å². The fraction of sp³-hybridized carbons (Fsp3) is 0.346. The highest BCUT2D eigenvalue weighted by molar-refractivity contribution is 5.92. The van der Waals surface area contributed by atoms with Gasteiger partial charge in [-0.15, -0.1) is 0 Å². The van der Waals surface area contributed by atoms with Gasteiger partial charge in [-0.05, 0) is 36.1 Å². The van der Waals surface area contributed by atoms with Crippen LogP contribution in [-0.4, -0.2) is 41.5 Å². The van der Waals surface area contributed by atoms with Crippen LogP contribution in [0, 0.1) is 11.3 Å². The number of rotatable bonds is 5. The highest BCUT2D eigenvalue weighted by atomic mass is 16.3. The Kier molecular flexibility index (Phi) is 6.27. The Bertz CT molecular complexity index is 1120. The Hall–Kier alpha value is -3.59. The zero-order chi connectivity index (χ0) is 22.7. The molecule has 32 heavy (non-hydrogen) atoms. The second-order valence-corrected chi connectivity index (χ2v) is 8.41. The molecule has 3 aromatic rings. The molecule has 1 amide bonds. The number of nitriles is 1. The molecule has 0 aliphatic carbocycles. The molecule has 6 heteroatoms. The number of amides is 1. The molecule has 3 heterocycles. The molecule has 0 N–H and O–H groups in total. The molecule has 1 atom stereocenters. The van der Waals surface area contributed by atoms with Crippen molar-refractivity contribution < 1.29 is 9.21 Å². The van der Waals surface area contributed by atoms with Gasteiger partial charge >= 0.3 is 0 Å². The molecule has 0 radical (unpaired) electrons. The Morgan fingerprint density at radius 1 is 1.22 bits per heavy atom. The van der Waals surface area contributed by atoms with Crippen LogP contribution in [0.1, 0.15) is 54.9 Å². The van der Waals surface area contributed by atoms with Gasteiger partial charge in [-0.2, -0.15) is 5.26 Å². The zero-order valence-corrected chi connectivity index (χ0v) is 18.8. The number of piperazine rings is 1. The third-order valence-electron chi connectivity index (χ3n) is 6.03. The Labute approximate surface area is 189 Å². The summed E-state index contributed by atoms with van der Waals surface area (Å²) in [5.74, 6) is 1.19. The molecule has 1 aromatic carbocycles. The van der Waals surface area contributed by atoms with Crippen LogP contribution in [0.3, 0.4) is 0 Å². The van der Waals surface area contributed by atoms with Gasteiger partial charge in [0.05, 0.1) is 17.5 Å². The van der Waals surface area contributed by atoms with E-state index in [-0.39, 0.29) is 17.9 Å². The number of anilines is 1. The van der Waals surface area contributed by atoms with E-state index in [1.807, 2.05) is 29.2 Å². The lowest BCUT2D eigenvalue weighted by atomic mass is 9.95. The Balaban J connectivity index is 1.67. The second kappa shape index (κ2) is 9.27. The SMILES string of the molecule is CCC1CN(c2nc(C(C)C)c(-c3ccccc3)cc2C#N)CCN1C(=O)c1ccco1. The van der Waals surface area contributed by atoms with Gasteiger partial charge in [-0.25, -0.2) is 4.98 Å². The summed E-state index contributed by atoms with van der Waals surface area (Å²) in [4.78, 5) is 21.9. The molecule has 164 valence electrons. The average Bonchev–Trinajstić information content (AvgIpc) is 3.38. The fourth-order valence-electron chi connectivity index (χ4n) is 4.34. The number of carbonyl (C=O) groups is 1. The number of carbonyl (C=O) groups excluding carboxylic acids is 1. The lowest BCUT2D eigenvalue weighted by molar-refractivity contribution is 0.0618. The highest BCUT2D eigenvalue weighted by Gasteiger charge is 2.33. The van der Waals surface area contributed by atoms with Gasteiger partial charge in [0.25, 0.3) is 5.91 Å². The third kappa shape index (κ3) is 4.11. The van der Waals surface area contributed by atoms with Crippen molar-refractivity contribution in [3.8, 4) is 17.2 Å². The molecule has 1 aliphatic heterocycles. The summed E-state index contributed by atoms with van der Waals surface area (Å²) < 4.78 is 5.33. The number of benzene rings is 1. The zero-order valence-electron chi connectivity index (χ0n) is 18.8. The number of pyridine rings is 1. The van der Waals surface area contributed by atoms with E-state index in [1.54, 1.807) is 12.1 Å². The molecule has 6 nitrogen and oxygen atoms in total. The van der Waals surface area contributed by atoms with Gasteiger partial charge in [0.1, 0.15) is 11.9 Å². The minimum atomic E-state index is -0.0859. The van der Waals surface area contributed by atoms with E-state index >= 15 is 0 Å². The molecule has 1 aliphatic rings. The van der Waals surface area contributed by atoms with E-state index in [1.165, 1.54) is 6.26 Å². The second-order valence-electron chi connectivity index (χ2n) is 8.41. The van der Waals surface area contributed by atoms with Crippen molar-refractivity contribution in [3.05, 3.63) is 71.8 Å². The maximum Gasteiger partial charge on any atom is 0.289 e. The molecule has 1 unspecified atom stereocenters. The van der Waals surface area contributed by atoms with Gasteiger partial charge in [-0.3, -0.25) is 4.79 Å². The first-order valence-corrected chi connectivity index (χ1v) is 11.1. The largest absolute Gasteiger partial charge is 0.459 e. The van der Waals surface area contributed by atoms with Crippen LogP contribution in [0.15, 0.2) is 59.2 Å². The first-order valence-electron chi connectivity index (χ1n) is 11.1. The minimum absolute atomic E-state index is 0.0194. The topological polar surface area (TPSA) is 73.4 Å². The molecule has 0 spiro atoms. The van der Waals surface area contributed by atoms with Gasteiger partial charge in [-0.1, -0.05) is 51.1 Å². The molecule has 4 rings (SSSR count). The number of nitrogens with zero attached hydrogens (tertiary/aromatic N) is 4. The summed E-state index contributed by atoms with van der Waals surface area (Å²) >= 11 is 0. The van der Waals surface area contributed by atoms with E-state index < -0.39 is 0 Å². The van der Waals surface area contributed by atoms with Crippen molar-refractivity contribution in [2.45, 2.75) is 39.2 Å². The third-order valence-corrected chi connectivity index (χ3v) is 6.03. The van der Waals surface area contributed by atoms with Crippen LogP contribution in [0.4, 0.5) is 5.82 Å². The van der Waals surface area contributed by atoms with Crippen LogP contribution in [0.25, 0.3) is 11.1 Å². The molecule has 0 bridgehead atoms. The first-order chi connectivity index (χ1) is 15.5. The van der Waals surface area contributed by atoms with Crippen LogP contribution < -0.4 is 4.90 Å². The predicted molar refractivity (Wildman–Crippen MR) is 125 cm³/mol. The van der Waals surface area contributed by atoms with Gasteiger partial charge in [0.2, 0.25) is 0 Å². The highest BCUT2D eigenvalue weighted by Crippen LogP contribution is 2.33. The Morgan fingerprint density at radius 3 is 2.62 bits per heavy atom.